The summed E-state index contributed by atoms with van der Waals surface area (Å²) in [5.74, 6) is 0.753. The molecule has 1 unspecified atom stereocenters. The number of nitrogens with one attached hydrogen (secondary N) is 1. The van der Waals surface area contributed by atoms with Gasteiger partial charge in [-0.15, -0.1) is 0 Å². The Morgan fingerprint density at radius 3 is 2.39 bits per heavy atom. The zero-order valence-corrected chi connectivity index (χ0v) is 11.7. The minimum absolute atomic E-state index is 0.241. The number of rotatable bonds is 6. The largest absolute Gasteiger partial charge is 0.391 e. The zero-order chi connectivity index (χ0) is 12.8. The summed E-state index contributed by atoms with van der Waals surface area (Å²) in [7, 11) is 2.04. The van der Waals surface area contributed by atoms with Crippen molar-refractivity contribution in [2.75, 3.05) is 13.7 Å². The van der Waals surface area contributed by atoms with Crippen LogP contribution in [0.5, 0.6) is 0 Å². The van der Waals surface area contributed by atoms with E-state index < -0.39 is 0 Å². The average molecular weight is 255 g/mol. The quantitative estimate of drug-likeness (QED) is 0.766. The fourth-order valence-corrected chi connectivity index (χ4v) is 3.46. The van der Waals surface area contributed by atoms with Gasteiger partial charge in [0.25, 0.3) is 0 Å². The van der Waals surface area contributed by atoms with Crippen LogP contribution in [0.1, 0.15) is 57.8 Å². The van der Waals surface area contributed by atoms with Crippen LogP contribution >= 0.6 is 0 Å². The smallest absolute Gasteiger partial charge is 0.0776 e. The Bertz CT molecular complexity index is 221. The first kappa shape index (κ1) is 14.3. The first-order chi connectivity index (χ1) is 8.78. The highest BCUT2D eigenvalue weighted by atomic mass is 16.5. The normalized spacial score (nSPS) is 31.7. The van der Waals surface area contributed by atoms with Crippen LogP contribution in [0.3, 0.4) is 0 Å². The Labute approximate surface area is 111 Å². The van der Waals surface area contributed by atoms with E-state index >= 15 is 0 Å². The first-order valence-electron chi connectivity index (χ1n) is 7.75. The summed E-state index contributed by atoms with van der Waals surface area (Å²) in [5.41, 5.74) is 0. The molecule has 0 spiro atoms. The van der Waals surface area contributed by atoms with Gasteiger partial charge < -0.3 is 15.2 Å². The summed E-state index contributed by atoms with van der Waals surface area (Å²) in [6.45, 7) is 0.547. The lowest BCUT2D eigenvalue weighted by Gasteiger charge is -2.29. The Balaban J connectivity index is 1.56. The van der Waals surface area contributed by atoms with Crippen molar-refractivity contribution in [1.29, 1.82) is 0 Å². The van der Waals surface area contributed by atoms with Gasteiger partial charge in [0.1, 0.15) is 0 Å². The van der Waals surface area contributed by atoms with Crippen LogP contribution in [-0.2, 0) is 4.74 Å². The molecule has 2 rings (SSSR count). The molecule has 2 saturated carbocycles. The molecule has 0 bridgehead atoms. The van der Waals surface area contributed by atoms with Crippen LogP contribution in [0.25, 0.3) is 0 Å². The molecule has 0 saturated heterocycles. The van der Waals surface area contributed by atoms with Gasteiger partial charge in [0, 0.05) is 6.04 Å². The third-order valence-corrected chi connectivity index (χ3v) is 4.69. The molecule has 3 nitrogen and oxygen atoms in total. The third-order valence-electron chi connectivity index (χ3n) is 4.69. The summed E-state index contributed by atoms with van der Waals surface area (Å²) in [6.07, 6.45) is 11.1. The SMILES string of the molecule is CNC1CCC(OCC(O)CC2CCCC2)CC1. The summed E-state index contributed by atoms with van der Waals surface area (Å²) in [4.78, 5) is 0. The van der Waals surface area contributed by atoms with Gasteiger partial charge in [-0.05, 0) is 45.1 Å². The van der Waals surface area contributed by atoms with Gasteiger partial charge in [0.05, 0.1) is 18.8 Å². The molecule has 0 aromatic rings. The molecular formula is C15H29NO2. The zero-order valence-electron chi connectivity index (χ0n) is 11.7. The predicted molar refractivity (Wildman–Crippen MR) is 73.6 cm³/mol. The van der Waals surface area contributed by atoms with Gasteiger partial charge in [-0.1, -0.05) is 25.7 Å². The maximum atomic E-state index is 10.0. The van der Waals surface area contributed by atoms with Crippen LogP contribution in [0.2, 0.25) is 0 Å². The molecular weight excluding hydrogens is 226 g/mol. The second-order valence-electron chi connectivity index (χ2n) is 6.14. The van der Waals surface area contributed by atoms with E-state index in [4.69, 9.17) is 4.74 Å². The van der Waals surface area contributed by atoms with Crippen molar-refractivity contribution >= 4 is 0 Å². The van der Waals surface area contributed by atoms with E-state index in [-0.39, 0.29) is 6.10 Å². The molecule has 106 valence electrons. The van der Waals surface area contributed by atoms with Crippen molar-refractivity contribution in [2.24, 2.45) is 5.92 Å². The Kier molecular flexibility index (Phi) is 5.93. The fraction of sp³-hybridized carbons (Fsp3) is 1.00. The second kappa shape index (κ2) is 7.46. The van der Waals surface area contributed by atoms with E-state index in [1.54, 1.807) is 0 Å². The van der Waals surface area contributed by atoms with Gasteiger partial charge in [0.15, 0.2) is 0 Å². The summed E-state index contributed by atoms with van der Waals surface area (Å²) in [5, 5.41) is 13.3. The maximum Gasteiger partial charge on any atom is 0.0776 e. The molecule has 0 amide bonds. The van der Waals surface area contributed by atoms with Crippen molar-refractivity contribution in [3.63, 3.8) is 0 Å². The summed E-state index contributed by atoms with van der Waals surface area (Å²) < 4.78 is 5.87. The molecule has 2 aliphatic carbocycles. The Hall–Kier alpha value is -0.120. The van der Waals surface area contributed by atoms with Gasteiger partial charge >= 0.3 is 0 Å². The molecule has 3 heteroatoms. The van der Waals surface area contributed by atoms with Gasteiger partial charge in [-0.25, -0.2) is 0 Å². The summed E-state index contributed by atoms with van der Waals surface area (Å²) >= 11 is 0. The first-order valence-corrected chi connectivity index (χ1v) is 7.75. The third kappa shape index (κ3) is 4.52. The Morgan fingerprint density at radius 2 is 1.78 bits per heavy atom. The monoisotopic (exact) mass is 255 g/mol. The highest BCUT2D eigenvalue weighted by Crippen LogP contribution is 2.29. The molecule has 0 radical (unpaired) electrons. The van der Waals surface area contributed by atoms with Crippen LogP contribution < -0.4 is 5.32 Å². The average Bonchev–Trinajstić information content (AvgIpc) is 2.90. The molecule has 2 aliphatic rings. The number of ether oxygens (including phenoxy) is 1. The van der Waals surface area contributed by atoms with Crippen LogP contribution in [0, 0.1) is 5.92 Å². The second-order valence-corrected chi connectivity index (χ2v) is 6.14. The van der Waals surface area contributed by atoms with Crippen LogP contribution in [0.15, 0.2) is 0 Å². The van der Waals surface area contributed by atoms with E-state index in [2.05, 4.69) is 5.32 Å². The van der Waals surface area contributed by atoms with Crippen molar-refractivity contribution in [1.82, 2.24) is 5.32 Å². The Morgan fingerprint density at radius 1 is 1.11 bits per heavy atom. The van der Waals surface area contributed by atoms with E-state index in [1.807, 2.05) is 7.05 Å². The maximum absolute atomic E-state index is 10.0. The van der Waals surface area contributed by atoms with Crippen molar-refractivity contribution in [3.8, 4) is 0 Å². The van der Waals surface area contributed by atoms with Crippen molar-refractivity contribution in [3.05, 3.63) is 0 Å². The topological polar surface area (TPSA) is 41.5 Å². The lowest BCUT2D eigenvalue weighted by atomic mass is 9.93. The highest BCUT2D eigenvalue weighted by molar-refractivity contribution is 4.77. The van der Waals surface area contributed by atoms with Gasteiger partial charge in [-0.2, -0.15) is 0 Å². The minimum atomic E-state index is -0.241. The van der Waals surface area contributed by atoms with E-state index in [1.165, 1.54) is 38.5 Å². The molecule has 2 fully saturated rings. The van der Waals surface area contributed by atoms with E-state index in [0.29, 0.717) is 18.8 Å². The van der Waals surface area contributed by atoms with Gasteiger partial charge in [-0.3, -0.25) is 0 Å². The molecule has 0 heterocycles. The molecule has 0 aromatic heterocycles. The molecule has 0 aliphatic heterocycles. The van der Waals surface area contributed by atoms with E-state index in [9.17, 15) is 5.11 Å². The van der Waals surface area contributed by atoms with Gasteiger partial charge in [0.2, 0.25) is 0 Å². The lowest BCUT2D eigenvalue weighted by Crippen LogP contribution is -2.34. The molecule has 1 atom stereocenters. The fourth-order valence-electron chi connectivity index (χ4n) is 3.46. The number of hydrogen-bond donors (Lipinski definition) is 2. The number of aliphatic hydroxyl groups excluding tert-OH is 1. The molecule has 0 aromatic carbocycles. The number of hydrogen-bond acceptors (Lipinski definition) is 3. The van der Waals surface area contributed by atoms with Crippen LogP contribution in [0.4, 0.5) is 0 Å². The van der Waals surface area contributed by atoms with E-state index in [0.717, 1.165) is 25.2 Å². The predicted octanol–water partition coefficient (Wildman–Crippen LogP) is 2.47. The van der Waals surface area contributed by atoms with Crippen LogP contribution in [-0.4, -0.2) is 37.0 Å². The lowest BCUT2D eigenvalue weighted by molar-refractivity contribution is -0.0327. The highest BCUT2D eigenvalue weighted by Gasteiger charge is 2.23. The molecule has 18 heavy (non-hydrogen) atoms. The van der Waals surface area contributed by atoms with Crippen molar-refractivity contribution < 1.29 is 9.84 Å². The minimum Gasteiger partial charge on any atom is -0.391 e. The standard InChI is InChI=1S/C15H29NO2/c1-16-13-6-8-15(9-7-13)18-11-14(17)10-12-4-2-3-5-12/h12-17H,2-11H2,1H3. The molecule has 2 N–H and O–H groups in total. The number of aliphatic hydroxyl groups is 1. The van der Waals surface area contributed by atoms with Crippen molar-refractivity contribution in [2.45, 2.75) is 76.0 Å². The summed E-state index contributed by atoms with van der Waals surface area (Å²) in [6, 6.07) is 0.674.